The Morgan fingerprint density at radius 3 is 2.85 bits per heavy atom. The van der Waals surface area contributed by atoms with Crippen molar-refractivity contribution in [2.45, 2.75) is 59.3 Å². The van der Waals surface area contributed by atoms with E-state index < -0.39 is 0 Å². The molecular formula is C13H24. The molecule has 1 rings (SSSR count). The van der Waals surface area contributed by atoms with Gasteiger partial charge in [-0.25, -0.2) is 0 Å². The third-order valence-corrected chi connectivity index (χ3v) is 3.02. The lowest BCUT2D eigenvalue weighted by atomic mass is 9.87. The molecule has 13 heavy (non-hydrogen) atoms. The van der Waals surface area contributed by atoms with Crippen molar-refractivity contribution in [1.29, 1.82) is 0 Å². The molecule has 0 heteroatoms. The van der Waals surface area contributed by atoms with Gasteiger partial charge in [0.15, 0.2) is 0 Å². The van der Waals surface area contributed by atoms with Gasteiger partial charge < -0.3 is 0 Å². The maximum atomic E-state index is 2.52. The molecule has 0 bridgehead atoms. The molecule has 0 N–H and O–H groups in total. The molecule has 1 unspecified atom stereocenters. The van der Waals surface area contributed by atoms with Crippen LogP contribution < -0.4 is 0 Å². The maximum absolute atomic E-state index is 2.52. The minimum absolute atomic E-state index is 0.883. The van der Waals surface area contributed by atoms with Gasteiger partial charge in [0.1, 0.15) is 0 Å². The van der Waals surface area contributed by atoms with Gasteiger partial charge in [-0.2, -0.15) is 0 Å². The van der Waals surface area contributed by atoms with Crippen LogP contribution >= 0.6 is 0 Å². The van der Waals surface area contributed by atoms with Crippen LogP contribution in [0.15, 0.2) is 11.6 Å². The van der Waals surface area contributed by atoms with E-state index in [1.54, 1.807) is 5.57 Å². The average Bonchev–Trinajstić information content (AvgIpc) is 2.03. The fourth-order valence-corrected chi connectivity index (χ4v) is 2.23. The summed E-state index contributed by atoms with van der Waals surface area (Å²) >= 11 is 0. The molecule has 0 aromatic carbocycles. The molecular weight excluding hydrogens is 156 g/mol. The SMILES string of the molecule is CC1=CC(CCCC(C)C)CCC1. The fraction of sp³-hybridized carbons (Fsp3) is 0.846. The second-order valence-corrected chi connectivity index (χ2v) is 4.99. The van der Waals surface area contributed by atoms with E-state index >= 15 is 0 Å². The van der Waals surface area contributed by atoms with Crippen LogP contribution in [0.3, 0.4) is 0 Å². The molecule has 0 aromatic heterocycles. The van der Waals surface area contributed by atoms with E-state index in [0.717, 1.165) is 11.8 Å². The summed E-state index contributed by atoms with van der Waals surface area (Å²) in [7, 11) is 0. The lowest BCUT2D eigenvalue weighted by Crippen LogP contribution is -2.03. The molecule has 0 aromatic rings. The molecule has 0 heterocycles. The lowest BCUT2D eigenvalue weighted by Gasteiger charge is -2.19. The van der Waals surface area contributed by atoms with Crippen molar-refractivity contribution in [3.63, 3.8) is 0 Å². The van der Waals surface area contributed by atoms with Gasteiger partial charge in [-0.15, -0.1) is 0 Å². The van der Waals surface area contributed by atoms with E-state index in [0.29, 0.717) is 0 Å². The Balaban J connectivity index is 2.17. The Bertz CT molecular complexity index is 165. The highest BCUT2D eigenvalue weighted by molar-refractivity contribution is 5.04. The van der Waals surface area contributed by atoms with Crippen molar-refractivity contribution in [2.24, 2.45) is 11.8 Å². The third kappa shape index (κ3) is 4.50. The van der Waals surface area contributed by atoms with Crippen molar-refractivity contribution < 1.29 is 0 Å². The standard InChI is InChI=1S/C13H24/c1-11(2)6-4-8-13-9-5-7-12(3)10-13/h10-11,13H,4-9H2,1-3H3. The van der Waals surface area contributed by atoms with Crippen LogP contribution in [0.1, 0.15) is 59.3 Å². The van der Waals surface area contributed by atoms with E-state index in [-0.39, 0.29) is 0 Å². The quantitative estimate of drug-likeness (QED) is 0.556. The summed E-state index contributed by atoms with van der Waals surface area (Å²) in [6, 6.07) is 0. The number of rotatable bonds is 4. The van der Waals surface area contributed by atoms with Crippen LogP contribution in [-0.4, -0.2) is 0 Å². The monoisotopic (exact) mass is 180 g/mol. The van der Waals surface area contributed by atoms with Gasteiger partial charge in [0.05, 0.1) is 0 Å². The molecule has 0 saturated carbocycles. The highest BCUT2D eigenvalue weighted by Gasteiger charge is 2.10. The van der Waals surface area contributed by atoms with Crippen LogP contribution in [0.5, 0.6) is 0 Å². The first-order valence-corrected chi connectivity index (χ1v) is 5.86. The zero-order valence-electron chi connectivity index (χ0n) is 9.47. The first-order valence-electron chi connectivity index (χ1n) is 5.86. The first kappa shape index (κ1) is 10.8. The zero-order chi connectivity index (χ0) is 9.68. The molecule has 0 aliphatic heterocycles. The normalized spacial score (nSPS) is 23.4. The minimum Gasteiger partial charge on any atom is -0.0825 e. The summed E-state index contributed by atoms with van der Waals surface area (Å²) in [4.78, 5) is 0. The van der Waals surface area contributed by atoms with Crippen LogP contribution in [0, 0.1) is 11.8 Å². The van der Waals surface area contributed by atoms with Crippen molar-refractivity contribution in [3.05, 3.63) is 11.6 Å². The average molecular weight is 180 g/mol. The Morgan fingerprint density at radius 1 is 1.46 bits per heavy atom. The number of allylic oxidation sites excluding steroid dienone is 2. The molecule has 1 aliphatic rings. The smallest absolute Gasteiger partial charge is 0.0231 e. The largest absolute Gasteiger partial charge is 0.0825 e. The highest BCUT2D eigenvalue weighted by atomic mass is 14.2. The van der Waals surface area contributed by atoms with E-state index in [1.807, 2.05) is 0 Å². The molecule has 1 aliphatic carbocycles. The number of hydrogen-bond acceptors (Lipinski definition) is 0. The van der Waals surface area contributed by atoms with Gasteiger partial charge in [0.2, 0.25) is 0 Å². The molecule has 0 fully saturated rings. The summed E-state index contributed by atoms with van der Waals surface area (Å²) in [6.45, 7) is 6.93. The molecule has 76 valence electrons. The van der Waals surface area contributed by atoms with E-state index in [1.165, 1.54) is 38.5 Å². The molecule has 0 radical (unpaired) electrons. The Labute approximate surface area is 83.4 Å². The molecule has 1 atom stereocenters. The minimum atomic E-state index is 0.883. The van der Waals surface area contributed by atoms with Crippen LogP contribution in [0.4, 0.5) is 0 Å². The molecule has 0 saturated heterocycles. The van der Waals surface area contributed by atoms with Gasteiger partial charge in [-0.1, -0.05) is 38.3 Å². The van der Waals surface area contributed by atoms with E-state index in [9.17, 15) is 0 Å². The Morgan fingerprint density at radius 2 is 2.23 bits per heavy atom. The van der Waals surface area contributed by atoms with Gasteiger partial charge in [0, 0.05) is 0 Å². The fourth-order valence-electron chi connectivity index (χ4n) is 2.23. The van der Waals surface area contributed by atoms with Gasteiger partial charge >= 0.3 is 0 Å². The van der Waals surface area contributed by atoms with E-state index in [4.69, 9.17) is 0 Å². The van der Waals surface area contributed by atoms with Crippen LogP contribution in [-0.2, 0) is 0 Å². The van der Waals surface area contributed by atoms with Crippen molar-refractivity contribution in [1.82, 2.24) is 0 Å². The molecule has 0 spiro atoms. The van der Waals surface area contributed by atoms with Crippen molar-refractivity contribution in [2.75, 3.05) is 0 Å². The third-order valence-electron chi connectivity index (χ3n) is 3.02. The van der Waals surface area contributed by atoms with Crippen LogP contribution in [0.25, 0.3) is 0 Å². The molecule has 0 amide bonds. The highest BCUT2D eigenvalue weighted by Crippen LogP contribution is 2.26. The van der Waals surface area contributed by atoms with E-state index in [2.05, 4.69) is 26.8 Å². The Hall–Kier alpha value is -0.260. The maximum Gasteiger partial charge on any atom is -0.0231 e. The number of hydrogen-bond donors (Lipinski definition) is 0. The summed E-state index contributed by atoms with van der Waals surface area (Å²) in [5.41, 5.74) is 1.63. The predicted molar refractivity (Wildman–Crippen MR) is 59.8 cm³/mol. The topological polar surface area (TPSA) is 0 Å². The van der Waals surface area contributed by atoms with Crippen LogP contribution in [0.2, 0.25) is 0 Å². The van der Waals surface area contributed by atoms with Crippen molar-refractivity contribution in [3.8, 4) is 0 Å². The summed E-state index contributed by atoms with van der Waals surface area (Å²) < 4.78 is 0. The summed E-state index contributed by atoms with van der Waals surface area (Å²) in [5, 5.41) is 0. The Kier molecular flexibility index (Phi) is 4.55. The first-order chi connectivity index (χ1) is 6.18. The summed E-state index contributed by atoms with van der Waals surface area (Å²) in [5.74, 6) is 1.79. The lowest BCUT2D eigenvalue weighted by molar-refractivity contribution is 0.444. The molecule has 0 nitrogen and oxygen atoms in total. The van der Waals surface area contributed by atoms with Gasteiger partial charge in [0.25, 0.3) is 0 Å². The second kappa shape index (κ2) is 5.47. The second-order valence-electron chi connectivity index (χ2n) is 4.99. The van der Waals surface area contributed by atoms with Crippen molar-refractivity contribution >= 4 is 0 Å². The predicted octanol–water partition coefficient (Wildman–Crippen LogP) is 4.56. The van der Waals surface area contributed by atoms with Gasteiger partial charge in [-0.3, -0.25) is 0 Å². The zero-order valence-corrected chi connectivity index (χ0v) is 9.47. The summed E-state index contributed by atoms with van der Waals surface area (Å²) in [6.07, 6.45) is 11.0. The van der Waals surface area contributed by atoms with Gasteiger partial charge in [-0.05, 0) is 44.4 Å².